The van der Waals surface area contributed by atoms with Crippen LogP contribution in [0.2, 0.25) is 0 Å². The predicted octanol–water partition coefficient (Wildman–Crippen LogP) is 3.33. The Hall–Kier alpha value is -1.55. The minimum absolute atomic E-state index is 0. The summed E-state index contributed by atoms with van der Waals surface area (Å²) in [6.07, 6.45) is 0.858. The Morgan fingerprint density at radius 1 is 1.05 bits per heavy atom. The van der Waals surface area contributed by atoms with E-state index in [-0.39, 0.29) is 25.1 Å². The van der Waals surface area contributed by atoms with E-state index < -0.39 is 0 Å². The van der Waals surface area contributed by atoms with Crippen LogP contribution in [0.15, 0.2) is 54.6 Å². The highest BCUT2D eigenvalue weighted by Gasteiger charge is 2.14. The summed E-state index contributed by atoms with van der Waals surface area (Å²) in [6.45, 7) is 0.866. The van der Waals surface area contributed by atoms with Crippen LogP contribution in [0.1, 0.15) is 23.7 Å². The van der Waals surface area contributed by atoms with Crippen LogP contribution >= 0.6 is 12.4 Å². The summed E-state index contributed by atoms with van der Waals surface area (Å²) in [4.78, 5) is 0. The lowest BCUT2D eigenvalue weighted by Crippen LogP contribution is -2.16. The molecule has 0 aliphatic rings. The number of halogens is 1. The monoisotopic (exact) mass is 307 g/mol. The van der Waals surface area contributed by atoms with Crippen molar-refractivity contribution in [3.63, 3.8) is 0 Å². The molecule has 0 heterocycles. The van der Waals surface area contributed by atoms with Gasteiger partial charge in [0.1, 0.15) is 11.9 Å². The first-order valence-corrected chi connectivity index (χ1v) is 6.90. The number of benzene rings is 2. The van der Waals surface area contributed by atoms with Crippen LogP contribution < -0.4 is 10.1 Å². The molecule has 2 aromatic rings. The fourth-order valence-electron chi connectivity index (χ4n) is 2.14. The van der Waals surface area contributed by atoms with Gasteiger partial charge in [0.25, 0.3) is 0 Å². The largest absolute Gasteiger partial charge is 0.485 e. The molecular formula is C17H22ClNO2. The molecule has 1 atom stereocenters. The van der Waals surface area contributed by atoms with Gasteiger partial charge in [0, 0.05) is 12.0 Å². The molecule has 3 nitrogen and oxygen atoms in total. The second kappa shape index (κ2) is 9.40. The standard InChI is InChI=1S/C17H21NO2.ClH/c1-18-12-11-17(14-7-3-2-4-8-14)20-16-10-6-5-9-15(16)13-19;/h2-10,17-19H,11-13H2,1H3;1H. The van der Waals surface area contributed by atoms with Gasteiger partial charge in [-0.05, 0) is 25.2 Å². The molecule has 0 saturated carbocycles. The van der Waals surface area contributed by atoms with Gasteiger partial charge in [0.05, 0.1) is 6.61 Å². The molecule has 0 fully saturated rings. The number of aliphatic hydroxyl groups is 1. The lowest BCUT2D eigenvalue weighted by Gasteiger charge is -2.21. The zero-order chi connectivity index (χ0) is 14.2. The zero-order valence-corrected chi connectivity index (χ0v) is 13.0. The second-order valence-corrected chi connectivity index (χ2v) is 4.68. The molecule has 2 rings (SSSR count). The SMILES string of the molecule is CNCCC(Oc1ccccc1CO)c1ccccc1.Cl. The zero-order valence-electron chi connectivity index (χ0n) is 12.2. The maximum atomic E-state index is 9.39. The molecule has 2 aromatic carbocycles. The number of para-hydroxylation sites is 1. The van der Waals surface area contributed by atoms with Gasteiger partial charge in [-0.2, -0.15) is 0 Å². The van der Waals surface area contributed by atoms with Gasteiger partial charge in [-0.25, -0.2) is 0 Å². The fraction of sp³-hybridized carbons (Fsp3) is 0.294. The fourth-order valence-corrected chi connectivity index (χ4v) is 2.14. The molecule has 0 aliphatic heterocycles. The summed E-state index contributed by atoms with van der Waals surface area (Å²) in [5, 5.41) is 12.5. The van der Waals surface area contributed by atoms with Gasteiger partial charge >= 0.3 is 0 Å². The number of rotatable bonds is 7. The highest BCUT2D eigenvalue weighted by Crippen LogP contribution is 2.27. The smallest absolute Gasteiger partial charge is 0.125 e. The molecule has 0 aliphatic carbocycles. The summed E-state index contributed by atoms with van der Waals surface area (Å²) in [7, 11) is 1.93. The van der Waals surface area contributed by atoms with Crippen LogP contribution in [0.3, 0.4) is 0 Å². The Labute approximate surface area is 132 Å². The first-order chi connectivity index (χ1) is 9.85. The number of hydrogen-bond acceptors (Lipinski definition) is 3. The first-order valence-electron chi connectivity index (χ1n) is 6.90. The normalized spacial score (nSPS) is 11.5. The van der Waals surface area contributed by atoms with Gasteiger partial charge < -0.3 is 15.2 Å². The van der Waals surface area contributed by atoms with Crippen molar-refractivity contribution < 1.29 is 9.84 Å². The van der Waals surface area contributed by atoms with Gasteiger partial charge in [-0.3, -0.25) is 0 Å². The predicted molar refractivity (Wildman–Crippen MR) is 88.0 cm³/mol. The molecule has 0 amide bonds. The van der Waals surface area contributed by atoms with Crippen LogP contribution in [-0.2, 0) is 6.61 Å². The Morgan fingerprint density at radius 3 is 2.38 bits per heavy atom. The third-order valence-corrected chi connectivity index (χ3v) is 3.24. The van der Waals surface area contributed by atoms with Crippen molar-refractivity contribution in [2.24, 2.45) is 0 Å². The van der Waals surface area contributed by atoms with Crippen LogP contribution in [0.4, 0.5) is 0 Å². The van der Waals surface area contributed by atoms with Crippen molar-refractivity contribution in [3.8, 4) is 5.75 Å². The third-order valence-electron chi connectivity index (χ3n) is 3.24. The second-order valence-electron chi connectivity index (χ2n) is 4.68. The molecule has 114 valence electrons. The number of nitrogens with one attached hydrogen (secondary N) is 1. The molecule has 1 unspecified atom stereocenters. The van der Waals surface area contributed by atoms with E-state index >= 15 is 0 Å². The average Bonchev–Trinajstić information content (AvgIpc) is 2.52. The molecule has 0 bridgehead atoms. The Bertz CT molecular complexity index is 519. The van der Waals surface area contributed by atoms with E-state index in [2.05, 4.69) is 17.4 Å². The van der Waals surface area contributed by atoms with Gasteiger partial charge in [0.2, 0.25) is 0 Å². The Balaban J connectivity index is 0.00000220. The molecule has 21 heavy (non-hydrogen) atoms. The van der Waals surface area contributed by atoms with Crippen LogP contribution in [0.25, 0.3) is 0 Å². The van der Waals surface area contributed by atoms with Crippen molar-refractivity contribution in [2.75, 3.05) is 13.6 Å². The van der Waals surface area contributed by atoms with Gasteiger partial charge in [-0.1, -0.05) is 48.5 Å². The van der Waals surface area contributed by atoms with E-state index in [0.717, 1.165) is 29.8 Å². The topological polar surface area (TPSA) is 41.5 Å². The molecular weight excluding hydrogens is 286 g/mol. The van der Waals surface area contributed by atoms with Crippen molar-refractivity contribution in [1.82, 2.24) is 5.32 Å². The van der Waals surface area contributed by atoms with E-state index in [1.165, 1.54) is 0 Å². The molecule has 0 aromatic heterocycles. The number of ether oxygens (including phenoxy) is 1. The van der Waals surface area contributed by atoms with E-state index in [9.17, 15) is 5.11 Å². The van der Waals surface area contributed by atoms with E-state index in [4.69, 9.17) is 4.74 Å². The molecule has 0 radical (unpaired) electrons. The molecule has 2 N–H and O–H groups in total. The Kier molecular flexibility index (Phi) is 7.83. The number of aliphatic hydroxyl groups excluding tert-OH is 1. The van der Waals surface area contributed by atoms with Gasteiger partial charge in [-0.15, -0.1) is 12.4 Å². The molecule has 4 heteroatoms. The summed E-state index contributed by atoms with van der Waals surface area (Å²) in [5.41, 5.74) is 1.97. The third kappa shape index (κ3) is 5.05. The minimum atomic E-state index is -0.0173. The number of hydrogen-bond donors (Lipinski definition) is 2. The lowest BCUT2D eigenvalue weighted by molar-refractivity contribution is 0.186. The van der Waals surface area contributed by atoms with Crippen molar-refractivity contribution in [2.45, 2.75) is 19.1 Å². The maximum Gasteiger partial charge on any atom is 0.125 e. The van der Waals surface area contributed by atoms with Crippen LogP contribution in [-0.4, -0.2) is 18.7 Å². The van der Waals surface area contributed by atoms with Crippen LogP contribution in [0.5, 0.6) is 5.75 Å². The quantitative estimate of drug-likeness (QED) is 0.824. The van der Waals surface area contributed by atoms with Crippen LogP contribution in [0, 0.1) is 0 Å². The van der Waals surface area contributed by atoms with Crippen molar-refractivity contribution in [3.05, 3.63) is 65.7 Å². The summed E-state index contributed by atoms with van der Waals surface area (Å²) < 4.78 is 6.12. The van der Waals surface area contributed by atoms with Crippen molar-refractivity contribution >= 4 is 12.4 Å². The Morgan fingerprint density at radius 2 is 1.71 bits per heavy atom. The van der Waals surface area contributed by atoms with E-state index in [1.807, 2.05) is 49.5 Å². The van der Waals surface area contributed by atoms with Crippen molar-refractivity contribution in [1.29, 1.82) is 0 Å². The highest BCUT2D eigenvalue weighted by molar-refractivity contribution is 5.85. The summed E-state index contributed by atoms with van der Waals surface area (Å²) in [5.74, 6) is 0.750. The minimum Gasteiger partial charge on any atom is -0.485 e. The van der Waals surface area contributed by atoms with Gasteiger partial charge in [0.15, 0.2) is 0 Å². The molecule has 0 spiro atoms. The summed E-state index contributed by atoms with van der Waals surface area (Å²) in [6, 6.07) is 17.8. The lowest BCUT2D eigenvalue weighted by atomic mass is 10.1. The van der Waals surface area contributed by atoms with E-state index in [1.54, 1.807) is 0 Å². The maximum absolute atomic E-state index is 9.39. The first kappa shape index (κ1) is 17.5. The summed E-state index contributed by atoms with van der Waals surface area (Å²) >= 11 is 0. The van der Waals surface area contributed by atoms with E-state index in [0.29, 0.717) is 0 Å². The molecule has 0 saturated heterocycles. The highest BCUT2D eigenvalue weighted by atomic mass is 35.5. The average molecular weight is 308 g/mol.